The van der Waals surface area contributed by atoms with Crippen LogP contribution in [0.25, 0.3) is 0 Å². The van der Waals surface area contributed by atoms with Crippen LogP contribution >= 0.6 is 0 Å². The molecule has 4 atom stereocenters. The van der Waals surface area contributed by atoms with Crippen LogP contribution in [-0.4, -0.2) is 110 Å². The number of fused-ring (bicyclic) bond motifs is 23. The van der Waals surface area contributed by atoms with Gasteiger partial charge in [-0.3, -0.25) is 24.0 Å². The van der Waals surface area contributed by atoms with E-state index in [0.717, 1.165) is 12.0 Å². The fourth-order valence-corrected chi connectivity index (χ4v) is 5.62. The van der Waals surface area contributed by atoms with Crippen molar-refractivity contribution >= 4 is 29.5 Å². The average Bonchev–Trinajstić information content (AvgIpc) is 3.60. The van der Waals surface area contributed by atoms with Crippen molar-refractivity contribution < 1.29 is 43.3 Å². The smallest absolute Gasteiger partial charge is 0.257 e. The van der Waals surface area contributed by atoms with E-state index in [1.54, 1.807) is 23.1 Å². The van der Waals surface area contributed by atoms with Gasteiger partial charge < -0.3 is 45.5 Å². The molecular formula is C34H53N5O9. The summed E-state index contributed by atoms with van der Waals surface area (Å²) in [6, 6.07) is 3.05. The van der Waals surface area contributed by atoms with Crippen molar-refractivity contribution in [2.24, 2.45) is 5.92 Å². The highest BCUT2D eigenvalue weighted by Crippen LogP contribution is 2.28. The molecule has 3 aliphatic rings. The van der Waals surface area contributed by atoms with Crippen LogP contribution in [0.1, 0.15) is 71.3 Å². The van der Waals surface area contributed by atoms with Gasteiger partial charge in [0.05, 0.1) is 13.2 Å². The molecule has 5 N–H and O–H groups in total. The molecule has 0 aromatic heterocycles. The number of aryl methyl sites for hydroxylation is 1. The summed E-state index contributed by atoms with van der Waals surface area (Å²) in [5.41, 5.74) is 0.790. The van der Waals surface area contributed by atoms with Gasteiger partial charge in [0.25, 0.3) is 11.8 Å². The largest absolute Gasteiger partial charge is 0.493 e. The molecule has 1 fully saturated rings. The zero-order valence-corrected chi connectivity index (χ0v) is 28.7. The predicted octanol–water partition coefficient (Wildman–Crippen LogP) is 0.827. The number of aliphatic hydroxyl groups excluding tert-OH is 1. The molecule has 0 radical (unpaired) electrons. The van der Waals surface area contributed by atoms with Crippen LogP contribution < -0.4 is 30.7 Å². The predicted molar refractivity (Wildman–Crippen MR) is 177 cm³/mol. The van der Waals surface area contributed by atoms with Crippen LogP contribution in [-0.2, 0) is 35.1 Å². The lowest BCUT2D eigenvalue weighted by Gasteiger charge is -2.26. The second-order valence-corrected chi connectivity index (χ2v) is 12.8. The lowest BCUT2D eigenvalue weighted by molar-refractivity contribution is -0.141. The summed E-state index contributed by atoms with van der Waals surface area (Å²) in [5.74, 6) is -1.01. The summed E-state index contributed by atoms with van der Waals surface area (Å²) in [4.78, 5) is 66.7. The number of hydrogen-bond acceptors (Lipinski definition) is 9. The summed E-state index contributed by atoms with van der Waals surface area (Å²) < 4.78 is 16.8. The highest BCUT2D eigenvalue weighted by molar-refractivity contribution is 5.92. The number of methoxy groups -OCH3 is 1. The fraction of sp³-hybridized carbons (Fsp3) is 0.676. The van der Waals surface area contributed by atoms with E-state index >= 15 is 0 Å². The van der Waals surface area contributed by atoms with Crippen molar-refractivity contribution in [1.82, 2.24) is 26.2 Å². The molecule has 1 aromatic carbocycles. The van der Waals surface area contributed by atoms with Gasteiger partial charge in [-0.1, -0.05) is 19.9 Å². The fourth-order valence-electron chi connectivity index (χ4n) is 5.62. The van der Waals surface area contributed by atoms with E-state index in [9.17, 15) is 29.1 Å². The Labute approximate surface area is 283 Å². The van der Waals surface area contributed by atoms with Gasteiger partial charge in [0.15, 0.2) is 18.1 Å². The SMILES string of the molecule is COc1cc2ccc1OCC(=O)NCCCN(C(=O)[C@@H]1CCCO1)CCCCNC(=O)[C@H]([C@@H](C)O)NC(=O)[C@@H](CC(C)C)NC(=O)CC2. The quantitative estimate of drug-likeness (QED) is 0.282. The third-order valence-corrected chi connectivity index (χ3v) is 8.25. The van der Waals surface area contributed by atoms with Gasteiger partial charge in [-0.15, -0.1) is 0 Å². The summed E-state index contributed by atoms with van der Waals surface area (Å²) in [6.07, 6.45) is 2.27. The zero-order valence-electron chi connectivity index (χ0n) is 28.7. The van der Waals surface area contributed by atoms with Gasteiger partial charge in [0.2, 0.25) is 17.7 Å². The van der Waals surface area contributed by atoms with Gasteiger partial charge in [0.1, 0.15) is 18.2 Å². The molecular weight excluding hydrogens is 622 g/mol. The monoisotopic (exact) mass is 675 g/mol. The Bertz CT molecular complexity index is 1240. The minimum Gasteiger partial charge on any atom is -0.493 e. The number of ether oxygens (including phenoxy) is 3. The van der Waals surface area contributed by atoms with E-state index in [4.69, 9.17) is 14.2 Å². The van der Waals surface area contributed by atoms with Crippen molar-refractivity contribution in [3.8, 4) is 11.5 Å². The number of amides is 5. The number of carbonyl (C=O) groups is 5. The third kappa shape index (κ3) is 12.6. The highest BCUT2D eigenvalue weighted by atomic mass is 16.5. The second kappa shape index (κ2) is 19.8. The lowest BCUT2D eigenvalue weighted by atomic mass is 10.0. The van der Waals surface area contributed by atoms with Crippen LogP contribution in [0.3, 0.4) is 0 Å². The van der Waals surface area contributed by atoms with Crippen LogP contribution in [0.2, 0.25) is 0 Å². The number of nitrogens with one attached hydrogen (secondary N) is 4. The van der Waals surface area contributed by atoms with Crippen molar-refractivity contribution in [2.75, 3.05) is 46.5 Å². The first-order chi connectivity index (χ1) is 23.0. The Kier molecular flexibility index (Phi) is 15.9. The second-order valence-electron chi connectivity index (χ2n) is 12.8. The van der Waals surface area contributed by atoms with E-state index in [0.29, 0.717) is 76.3 Å². The first kappa shape index (κ1) is 38.5. The molecule has 3 heterocycles. The summed E-state index contributed by atoms with van der Waals surface area (Å²) in [7, 11) is 1.48. The van der Waals surface area contributed by atoms with Gasteiger partial charge in [-0.25, -0.2) is 0 Å². The Morgan fingerprint density at radius 2 is 1.71 bits per heavy atom. The summed E-state index contributed by atoms with van der Waals surface area (Å²) in [5, 5.41) is 21.4. The molecule has 48 heavy (non-hydrogen) atoms. The minimum atomic E-state index is -1.22. The molecule has 2 bridgehead atoms. The Hall–Kier alpha value is -3.91. The van der Waals surface area contributed by atoms with E-state index < -0.39 is 36.1 Å². The molecule has 3 aliphatic heterocycles. The molecule has 14 heteroatoms. The number of nitrogens with zero attached hydrogens (tertiary/aromatic N) is 1. The van der Waals surface area contributed by atoms with Gasteiger partial charge >= 0.3 is 0 Å². The van der Waals surface area contributed by atoms with E-state index in [2.05, 4.69) is 21.3 Å². The molecule has 5 amide bonds. The number of benzene rings is 1. The van der Waals surface area contributed by atoms with E-state index in [-0.39, 0.29) is 43.2 Å². The Morgan fingerprint density at radius 3 is 2.40 bits per heavy atom. The molecule has 1 saturated heterocycles. The third-order valence-electron chi connectivity index (χ3n) is 8.25. The lowest BCUT2D eigenvalue weighted by Crippen LogP contribution is -2.57. The topological polar surface area (TPSA) is 185 Å². The maximum atomic E-state index is 13.3. The van der Waals surface area contributed by atoms with Crippen molar-refractivity contribution in [3.63, 3.8) is 0 Å². The van der Waals surface area contributed by atoms with Gasteiger partial charge in [-0.2, -0.15) is 0 Å². The van der Waals surface area contributed by atoms with Gasteiger partial charge in [-0.05, 0) is 75.5 Å². The number of aliphatic hydroxyl groups is 1. The first-order valence-electron chi connectivity index (χ1n) is 17.0. The molecule has 268 valence electrons. The van der Waals surface area contributed by atoms with Crippen LogP contribution in [0.5, 0.6) is 11.5 Å². The van der Waals surface area contributed by atoms with Crippen LogP contribution in [0.15, 0.2) is 18.2 Å². The maximum absolute atomic E-state index is 13.3. The molecule has 14 nitrogen and oxygen atoms in total. The Balaban J connectivity index is 1.76. The van der Waals surface area contributed by atoms with E-state index in [1.807, 2.05) is 13.8 Å². The standard InChI is InChI=1S/C34H53N5O9/c1-22(2)19-25-32(43)38-31(23(3)40)33(44)36-14-5-6-16-39(34(45)27-9-7-18-47-27)17-8-15-35-30(42)21-48-26-12-10-24(20-28(26)46-4)11-13-29(41)37-25/h10,12,20,22-23,25,27,31,40H,5-9,11,13-19,21H2,1-4H3,(H,35,42)(H,36,44)(H,37,41)(H,38,43)/t23-,25-,27+,31+/m1/s1. The van der Waals surface area contributed by atoms with Gasteiger partial charge in [0, 0.05) is 39.2 Å². The normalized spacial score (nSPS) is 23.8. The molecule has 4 rings (SSSR count). The maximum Gasteiger partial charge on any atom is 0.257 e. The van der Waals surface area contributed by atoms with Crippen molar-refractivity contribution in [1.29, 1.82) is 0 Å². The summed E-state index contributed by atoms with van der Waals surface area (Å²) in [6.45, 7) is 7.06. The van der Waals surface area contributed by atoms with Crippen LogP contribution in [0.4, 0.5) is 0 Å². The Morgan fingerprint density at radius 1 is 0.958 bits per heavy atom. The number of hydrogen-bond donors (Lipinski definition) is 5. The summed E-state index contributed by atoms with van der Waals surface area (Å²) >= 11 is 0. The molecule has 0 unspecified atom stereocenters. The average molecular weight is 676 g/mol. The minimum absolute atomic E-state index is 0.0609. The number of carbonyl (C=O) groups excluding carboxylic acids is 5. The molecule has 0 saturated carbocycles. The molecule has 0 spiro atoms. The molecule has 0 aliphatic carbocycles. The zero-order chi connectivity index (χ0) is 35.1. The highest BCUT2D eigenvalue weighted by Gasteiger charge is 2.31. The first-order valence-corrected chi connectivity index (χ1v) is 17.0. The van der Waals surface area contributed by atoms with E-state index in [1.165, 1.54) is 14.0 Å². The number of rotatable bonds is 5. The van der Waals surface area contributed by atoms with Crippen molar-refractivity contribution in [2.45, 2.75) is 96.4 Å². The molecule has 1 aromatic rings. The van der Waals surface area contributed by atoms with Crippen LogP contribution in [0, 0.1) is 5.92 Å². The van der Waals surface area contributed by atoms with Crippen molar-refractivity contribution in [3.05, 3.63) is 23.8 Å².